The van der Waals surface area contributed by atoms with Crippen LogP contribution in [-0.4, -0.2) is 47.7 Å². The van der Waals surface area contributed by atoms with E-state index in [-0.39, 0.29) is 5.91 Å². The van der Waals surface area contributed by atoms with Crippen molar-refractivity contribution in [1.29, 1.82) is 0 Å². The number of rotatable bonds is 6. The lowest BCUT2D eigenvalue weighted by Gasteiger charge is -2.34. The smallest absolute Gasteiger partial charge is 0.222 e. The third kappa shape index (κ3) is 5.18. The highest BCUT2D eigenvalue weighted by molar-refractivity contribution is 7.99. The Hall–Kier alpha value is -1.47. The molecule has 1 saturated heterocycles. The van der Waals surface area contributed by atoms with E-state index in [0.717, 1.165) is 58.7 Å². The van der Waals surface area contributed by atoms with Gasteiger partial charge in [0.15, 0.2) is 5.13 Å². The number of nitrogens with zero attached hydrogens (tertiary/aromatic N) is 3. The molecule has 0 bridgehead atoms. The summed E-state index contributed by atoms with van der Waals surface area (Å²) < 4.78 is 1.10. The SMILES string of the molecule is O=C(CCCSc1ccc(Cl)cc1)N1CCN(c2nc3c(Cl)cccc3s2)CC1. The van der Waals surface area contributed by atoms with Crippen molar-refractivity contribution >= 4 is 67.6 Å². The van der Waals surface area contributed by atoms with Gasteiger partial charge < -0.3 is 9.80 Å². The molecule has 4 rings (SSSR count). The van der Waals surface area contributed by atoms with E-state index >= 15 is 0 Å². The molecule has 152 valence electrons. The third-order valence-electron chi connectivity index (χ3n) is 4.88. The molecule has 1 aromatic heterocycles. The fourth-order valence-electron chi connectivity index (χ4n) is 3.29. The summed E-state index contributed by atoms with van der Waals surface area (Å²) in [6.07, 6.45) is 1.47. The molecule has 2 heterocycles. The first-order valence-corrected chi connectivity index (χ1v) is 12.1. The maximum Gasteiger partial charge on any atom is 0.222 e. The Morgan fingerprint density at radius 1 is 1.07 bits per heavy atom. The van der Waals surface area contributed by atoms with Crippen LogP contribution in [0.5, 0.6) is 0 Å². The van der Waals surface area contributed by atoms with Crippen LogP contribution in [0.2, 0.25) is 10.0 Å². The fourth-order valence-corrected chi connectivity index (χ4v) is 5.58. The molecule has 0 saturated carbocycles. The molecule has 1 fully saturated rings. The van der Waals surface area contributed by atoms with Gasteiger partial charge in [-0.3, -0.25) is 4.79 Å². The number of hydrogen-bond acceptors (Lipinski definition) is 5. The van der Waals surface area contributed by atoms with Crippen molar-refractivity contribution in [3.8, 4) is 0 Å². The molecule has 1 amide bonds. The number of halogens is 2. The van der Waals surface area contributed by atoms with Gasteiger partial charge in [0.25, 0.3) is 0 Å². The lowest BCUT2D eigenvalue weighted by atomic mass is 10.2. The van der Waals surface area contributed by atoms with Gasteiger partial charge in [0, 0.05) is 42.5 Å². The van der Waals surface area contributed by atoms with E-state index in [1.165, 1.54) is 4.90 Å². The second-order valence-electron chi connectivity index (χ2n) is 6.86. The van der Waals surface area contributed by atoms with Crippen LogP contribution < -0.4 is 4.90 Å². The number of para-hydroxylation sites is 1. The molecular formula is C21H21Cl2N3OS2. The minimum absolute atomic E-state index is 0.244. The lowest BCUT2D eigenvalue weighted by Crippen LogP contribution is -2.48. The van der Waals surface area contributed by atoms with Crippen molar-refractivity contribution in [2.75, 3.05) is 36.8 Å². The number of fused-ring (bicyclic) bond motifs is 1. The summed E-state index contributed by atoms with van der Waals surface area (Å²) in [6, 6.07) is 13.7. The minimum Gasteiger partial charge on any atom is -0.345 e. The molecule has 8 heteroatoms. The zero-order valence-corrected chi connectivity index (χ0v) is 19.0. The second-order valence-corrected chi connectivity index (χ2v) is 9.88. The molecule has 0 spiro atoms. The van der Waals surface area contributed by atoms with E-state index in [1.807, 2.05) is 47.4 Å². The van der Waals surface area contributed by atoms with Crippen LogP contribution >= 0.6 is 46.3 Å². The highest BCUT2D eigenvalue weighted by atomic mass is 35.5. The molecule has 0 unspecified atom stereocenters. The van der Waals surface area contributed by atoms with Gasteiger partial charge in [0.1, 0.15) is 5.52 Å². The van der Waals surface area contributed by atoms with Gasteiger partial charge in [-0.05, 0) is 48.6 Å². The van der Waals surface area contributed by atoms with Crippen LogP contribution in [0, 0.1) is 0 Å². The molecule has 3 aromatic rings. The summed E-state index contributed by atoms with van der Waals surface area (Å²) in [5.41, 5.74) is 0.867. The van der Waals surface area contributed by atoms with Gasteiger partial charge in [-0.25, -0.2) is 4.98 Å². The summed E-state index contributed by atoms with van der Waals surface area (Å²) in [7, 11) is 0. The second kappa shape index (κ2) is 9.56. The zero-order chi connectivity index (χ0) is 20.2. The quantitative estimate of drug-likeness (QED) is 0.339. The van der Waals surface area contributed by atoms with E-state index in [1.54, 1.807) is 23.1 Å². The summed E-state index contributed by atoms with van der Waals surface area (Å²) >= 11 is 15.6. The normalized spacial score (nSPS) is 14.6. The first-order chi connectivity index (χ1) is 14.1. The zero-order valence-electron chi connectivity index (χ0n) is 15.8. The monoisotopic (exact) mass is 465 g/mol. The summed E-state index contributed by atoms with van der Waals surface area (Å²) in [5.74, 6) is 1.17. The molecule has 1 aliphatic heterocycles. The van der Waals surface area contributed by atoms with Gasteiger partial charge in [-0.2, -0.15) is 0 Å². The number of piperazine rings is 1. The topological polar surface area (TPSA) is 36.4 Å². The Morgan fingerprint density at radius 3 is 2.55 bits per heavy atom. The van der Waals surface area contributed by atoms with Gasteiger partial charge in [0.2, 0.25) is 5.91 Å². The number of anilines is 1. The van der Waals surface area contributed by atoms with E-state index in [9.17, 15) is 4.79 Å². The number of carbonyl (C=O) groups excluding carboxylic acids is 1. The Balaban J connectivity index is 1.23. The van der Waals surface area contributed by atoms with Crippen LogP contribution in [0.15, 0.2) is 47.4 Å². The van der Waals surface area contributed by atoms with Crippen molar-refractivity contribution in [3.05, 3.63) is 52.5 Å². The van der Waals surface area contributed by atoms with E-state index < -0.39 is 0 Å². The average Bonchev–Trinajstić information content (AvgIpc) is 3.18. The fraction of sp³-hybridized carbons (Fsp3) is 0.333. The van der Waals surface area contributed by atoms with Gasteiger partial charge in [-0.1, -0.05) is 40.6 Å². The van der Waals surface area contributed by atoms with Gasteiger partial charge in [0.05, 0.1) is 9.72 Å². The molecule has 2 aromatic carbocycles. The van der Waals surface area contributed by atoms with Crippen molar-refractivity contribution in [3.63, 3.8) is 0 Å². The van der Waals surface area contributed by atoms with Crippen LogP contribution in [0.3, 0.4) is 0 Å². The number of thioether (sulfide) groups is 1. The van der Waals surface area contributed by atoms with Crippen molar-refractivity contribution in [1.82, 2.24) is 9.88 Å². The van der Waals surface area contributed by atoms with Crippen molar-refractivity contribution in [2.45, 2.75) is 17.7 Å². The van der Waals surface area contributed by atoms with Crippen LogP contribution in [0.1, 0.15) is 12.8 Å². The number of carbonyl (C=O) groups is 1. The molecule has 29 heavy (non-hydrogen) atoms. The predicted molar refractivity (Wildman–Crippen MR) is 125 cm³/mol. The Kier molecular flexibility index (Phi) is 6.85. The molecule has 0 aliphatic carbocycles. The largest absolute Gasteiger partial charge is 0.345 e. The van der Waals surface area contributed by atoms with E-state index in [2.05, 4.69) is 4.90 Å². The molecule has 0 atom stereocenters. The van der Waals surface area contributed by atoms with Crippen LogP contribution in [-0.2, 0) is 4.79 Å². The standard InChI is InChI=1S/C21H21Cl2N3OS2/c22-15-6-8-16(9-7-15)28-14-2-5-19(27)25-10-12-26(13-11-25)21-24-20-17(23)3-1-4-18(20)29-21/h1,3-4,6-9H,2,5,10-14H2. The molecule has 0 radical (unpaired) electrons. The maximum atomic E-state index is 12.5. The molecule has 1 aliphatic rings. The Labute approximate surface area is 188 Å². The Bertz CT molecular complexity index is 985. The number of hydrogen-bond donors (Lipinski definition) is 0. The van der Waals surface area contributed by atoms with Gasteiger partial charge in [-0.15, -0.1) is 11.8 Å². The van der Waals surface area contributed by atoms with Crippen molar-refractivity contribution in [2.24, 2.45) is 0 Å². The summed E-state index contributed by atoms with van der Waals surface area (Å²) in [6.45, 7) is 3.10. The molecule has 4 nitrogen and oxygen atoms in total. The number of benzene rings is 2. The summed E-state index contributed by atoms with van der Waals surface area (Å²) in [5, 5.41) is 2.42. The first kappa shape index (κ1) is 20.8. The predicted octanol–water partition coefficient (Wildman–Crippen LogP) is 5.82. The lowest BCUT2D eigenvalue weighted by molar-refractivity contribution is -0.131. The van der Waals surface area contributed by atoms with Crippen molar-refractivity contribution < 1.29 is 4.79 Å². The Morgan fingerprint density at radius 2 is 1.83 bits per heavy atom. The van der Waals surface area contributed by atoms with Gasteiger partial charge >= 0.3 is 0 Å². The molecule has 0 N–H and O–H groups in total. The van der Waals surface area contributed by atoms with Crippen LogP contribution in [0.4, 0.5) is 5.13 Å². The summed E-state index contributed by atoms with van der Waals surface area (Å²) in [4.78, 5) is 22.6. The maximum absolute atomic E-state index is 12.5. The average molecular weight is 466 g/mol. The number of aromatic nitrogens is 1. The first-order valence-electron chi connectivity index (χ1n) is 9.56. The third-order valence-corrected chi connectivity index (χ3v) is 7.62. The van der Waals surface area contributed by atoms with E-state index in [0.29, 0.717) is 11.4 Å². The van der Waals surface area contributed by atoms with Crippen LogP contribution in [0.25, 0.3) is 10.2 Å². The number of thiazole rings is 1. The van der Waals surface area contributed by atoms with E-state index in [4.69, 9.17) is 28.2 Å². The highest BCUT2D eigenvalue weighted by Crippen LogP contribution is 2.33. The highest BCUT2D eigenvalue weighted by Gasteiger charge is 2.23. The minimum atomic E-state index is 0.244. The molecular weight excluding hydrogens is 445 g/mol. The number of amides is 1.